The first kappa shape index (κ1) is 21.9. The smallest absolute Gasteiger partial charge is 0.261 e. The monoisotopic (exact) mass is 447 g/mol. The molecule has 6 nitrogen and oxygen atoms in total. The Bertz CT molecular complexity index is 1080. The van der Waals surface area contributed by atoms with E-state index < -0.39 is 15.8 Å². The van der Waals surface area contributed by atoms with Gasteiger partial charge in [0.2, 0.25) is 0 Å². The number of carbonyl (C=O) groups excluding carboxylic acids is 1. The van der Waals surface area contributed by atoms with Gasteiger partial charge in [0.05, 0.1) is 10.9 Å². The molecule has 1 unspecified atom stereocenters. The molecule has 1 atom stereocenters. The molecule has 0 saturated heterocycles. The zero-order valence-corrected chi connectivity index (χ0v) is 18.1. The van der Waals surface area contributed by atoms with Crippen molar-refractivity contribution < 1.29 is 17.6 Å². The summed E-state index contributed by atoms with van der Waals surface area (Å²) in [7, 11) is 0.0485. The maximum atomic E-state index is 13.0. The summed E-state index contributed by atoms with van der Waals surface area (Å²) in [6, 6.07) is 12.7. The van der Waals surface area contributed by atoms with Crippen LogP contribution in [-0.4, -0.2) is 39.9 Å². The summed E-state index contributed by atoms with van der Waals surface area (Å²) in [6.45, 7) is 0.425. The first-order chi connectivity index (χ1) is 14.3. The van der Waals surface area contributed by atoms with Crippen LogP contribution in [0, 0.1) is 5.82 Å². The van der Waals surface area contributed by atoms with Crippen molar-refractivity contribution in [1.29, 1.82) is 0 Å². The van der Waals surface area contributed by atoms with Crippen LogP contribution in [-0.2, 0) is 10.0 Å². The van der Waals surface area contributed by atoms with Gasteiger partial charge in [-0.2, -0.15) is 11.3 Å². The fourth-order valence-corrected chi connectivity index (χ4v) is 4.64. The summed E-state index contributed by atoms with van der Waals surface area (Å²) in [4.78, 5) is 14.5. The third-order valence-corrected chi connectivity index (χ3v) is 6.63. The van der Waals surface area contributed by atoms with E-state index in [4.69, 9.17) is 0 Å². The van der Waals surface area contributed by atoms with Crippen molar-refractivity contribution in [1.82, 2.24) is 10.2 Å². The minimum atomic E-state index is -3.84. The average Bonchev–Trinajstić information content (AvgIpc) is 3.24. The van der Waals surface area contributed by atoms with Crippen molar-refractivity contribution in [3.05, 3.63) is 82.3 Å². The lowest BCUT2D eigenvalue weighted by Gasteiger charge is -2.24. The van der Waals surface area contributed by atoms with Gasteiger partial charge in [-0.15, -0.1) is 0 Å². The predicted octanol–water partition coefficient (Wildman–Crippen LogP) is 3.72. The molecule has 0 saturated carbocycles. The van der Waals surface area contributed by atoms with E-state index in [-0.39, 0.29) is 22.5 Å². The van der Waals surface area contributed by atoms with Crippen LogP contribution in [0.1, 0.15) is 22.0 Å². The first-order valence-electron chi connectivity index (χ1n) is 9.11. The lowest BCUT2D eigenvalue weighted by Crippen LogP contribution is -2.34. The van der Waals surface area contributed by atoms with Gasteiger partial charge < -0.3 is 10.2 Å². The van der Waals surface area contributed by atoms with Crippen LogP contribution in [0.25, 0.3) is 0 Å². The molecule has 3 aromatic rings. The van der Waals surface area contributed by atoms with Crippen molar-refractivity contribution in [3.8, 4) is 0 Å². The summed E-state index contributed by atoms with van der Waals surface area (Å²) < 4.78 is 40.3. The van der Waals surface area contributed by atoms with Gasteiger partial charge in [0.25, 0.3) is 15.9 Å². The van der Waals surface area contributed by atoms with Gasteiger partial charge in [0.15, 0.2) is 0 Å². The van der Waals surface area contributed by atoms with E-state index in [2.05, 4.69) is 10.0 Å². The highest BCUT2D eigenvalue weighted by Gasteiger charge is 2.18. The number of likely N-dealkylation sites (N-methyl/N-ethyl adjacent to an activating group) is 1. The largest absolute Gasteiger partial charge is 0.350 e. The van der Waals surface area contributed by atoms with E-state index in [0.29, 0.717) is 12.1 Å². The van der Waals surface area contributed by atoms with Crippen LogP contribution in [0.4, 0.5) is 10.1 Å². The van der Waals surface area contributed by atoms with E-state index in [1.807, 2.05) is 35.8 Å². The topological polar surface area (TPSA) is 78.5 Å². The second kappa shape index (κ2) is 9.38. The summed E-state index contributed by atoms with van der Waals surface area (Å²) in [5, 5.41) is 6.93. The fraction of sp³-hybridized carbons (Fsp3) is 0.190. The molecular formula is C21H22FN3O3S2. The highest BCUT2D eigenvalue weighted by Crippen LogP contribution is 2.21. The summed E-state index contributed by atoms with van der Waals surface area (Å²) >= 11 is 1.60. The summed E-state index contributed by atoms with van der Waals surface area (Å²) in [5.74, 6) is -0.740. The Kier molecular flexibility index (Phi) is 6.86. The number of nitrogens with one attached hydrogen (secondary N) is 2. The minimum Gasteiger partial charge on any atom is -0.350 e. The van der Waals surface area contributed by atoms with Gasteiger partial charge in [0, 0.05) is 17.8 Å². The van der Waals surface area contributed by atoms with E-state index in [1.165, 1.54) is 48.5 Å². The highest BCUT2D eigenvalue weighted by molar-refractivity contribution is 7.92. The number of hydrogen-bond acceptors (Lipinski definition) is 5. The lowest BCUT2D eigenvalue weighted by molar-refractivity contribution is 0.0942. The molecule has 9 heteroatoms. The van der Waals surface area contributed by atoms with Gasteiger partial charge in [0.1, 0.15) is 5.82 Å². The zero-order chi connectivity index (χ0) is 21.7. The third-order valence-electron chi connectivity index (χ3n) is 4.53. The number of thiophene rings is 1. The van der Waals surface area contributed by atoms with Crippen LogP contribution in [0.2, 0.25) is 0 Å². The Morgan fingerprint density at radius 2 is 1.73 bits per heavy atom. The number of anilines is 1. The molecule has 0 fully saturated rings. The standard InChI is InChI=1S/C21H22FN3O3S2/c1-25(2)20(16-11-12-29-14-16)13-23-21(26)15-3-9-19(10-4-15)30(27,28)24-18-7-5-17(22)6-8-18/h3-12,14,20,24H,13H2,1-2H3,(H,23,26). The van der Waals surface area contributed by atoms with Gasteiger partial charge in [-0.3, -0.25) is 9.52 Å². The van der Waals surface area contributed by atoms with Crippen molar-refractivity contribution in [3.63, 3.8) is 0 Å². The normalized spacial score (nSPS) is 12.5. The summed E-state index contributed by atoms with van der Waals surface area (Å²) in [6.07, 6.45) is 0. The number of amides is 1. The number of carbonyl (C=O) groups is 1. The van der Waals surface area contributed by atoms with E-state index in [9.17, 15) is 17.6 Å². The maximum Gasteiger partial charge on any atom is 0.261 e. The van der Waals surface area contributed by atoms with Crippen molar-refractivity contribution >= 4 is 33.0 Å². The van der Waals surface area contributed by atoms with Crippen molar-refractivity contribution in [2.45, 2.75) is 10.9 Å². The number of nitrogens with zero attached hydrogens (tertiary/aromatic N) is 1. The second-order valence-corrected chi connectivity index (χ2v) is 9.35. The molecule has 0 spiro atoms. The van der Waals surface area contributed by atoms with E-state index in [0.717, 1.165) is 5.56 Å². The maximum absolute atomic E-state index is 13.0. The number of benzene rings is 2. The molecule has 3 rings (SSSR count). The highest BCUT2D eigenvalue weighted by atomic mass is 32.2. The van der Waals surface area contributed by atoms with Crippen LogP contribution >= 0.6 is 11.3 Å². The van der Waals surface area contributed by atoms with Crippen molar-refractivity contribution in [2.24, 2.45) is 0 Å². The third kappa shape index (κ3) is 5.44. The number of rotatable bonds is 8. The SMILES string of the molecule is CN(C)C(CNC(=O)c1ccc(S(=O)(=O)Nc2ccc(F)cc2)cc1)c1ccsc1. The molecule has 0 aliphatic carbocycles. The van der Waals surface area contributed by atoms with Crippen molar-refractivity contribution in [2.75, 3.05) is 25.4 Å². The van der Waals surface area contributed by atoms with Crippen LogP contribution < -0.4 is 10.0 Å². The van der Waals surface area contributed by atoms with Crippen LogP contribution in [0.15, 0.2) is 70.3 Å². The molecule has 30 heavy (non-hydrogen) atoms. The second-order valence-electron chi connectivity index (χ2n) is 6.88. The van der Waals surface area contributed by atoms with Gasteiger partial charge >= 0.3 is 0 Å². The minimum absolute atomic E-state index is 0.00724. The quantitative estimate of drug-likeness (QED) is 0.552. The Labute approximate surface area is 179 Å². The molecule has 2 N–H and O–H groups in total. The number of sulfonamides is 1. The molecule has 1 aromatic heterocycles. The summed E-state index contributed by atoms with van der Waals surface area (Å²) in [5.41, 5.74) is 1.73. The predicted molar refractivity (Wildman–Crippen MR) is 117 cm³/mol. The molecular weight excluding hydrogens is 425 g/mol. The molecule has 0 aliphatic rings. The molecule has 1 heterocycles. The fourth-order valence-electron chi connectivity index (χ4n) is 2.87. The molecule has 1 amide bonds. The number of hydrogen-bond donors (Lipinski definition) is 2. The van der Waals surface area contributed by atoms with Crippen LogP contribution in [0.5, 0.6) is 0 Å². The Morgan fingerprint density at radius 3 is 2.30 bits per heavy atom. The average molecular weight is 448 g/mol. The first-order valence-corrected chi connectivity index (χ1v) is 11.5. The Morgan fingerprint density at radius 1 is 1.07 bits per heavy atom. The lowest BCUT2D eigenvalue weighted by atomic mass is 10.1. The Hall–Kier alpha value is -2.75. The van der Waals surface area contributed by atoms with Gasteiger partial charge in [-0.05, 0) is 85.0 Å². The van der Waals surface area contributed by atoms with Crippen LogP contribution in [0.3, 0.4) is 0 Å². The molecule has 2 aromatic carbocycles. The Balaban J connectivity index is 1.65. The van der Waals surface area contributed by atoms with E-state index in [1.54, 1.807) is 11.3 Å². The molecule has 0 bridgehead atoms. The number of halogens is 1. The van der Waals surface area contributed by atoms with Gasteiger partial charge in [-0.25, -0.2) is 12.8 Å². The molecule has 158 valence electrons. The van der Waals surface area contributed by atoms with Gasteiger partial charge in [-0.1, -0.05) is 0 Å². The molecule has 0 aliphatic heterocycles. The van der Waals surface area contributed by atoms with E-state index >= 15 is 0 Å². The zero-order valence-electron chi connectivity index (χ0n) is 16.5. The molecule has 0 radical (unpaired) electrons.